The van der Waals surface area contributed by atoms with Crippen LogP contribution in [0.4, 0.5) is 20.4 Å². The number of hydrogen-bond donors (Lipinski definition) is 3. The van der Waals surface area contributed by atoms with Crippen molar-refractivity contribution in [3.63, 3.8) is 0 Å². The van der Waals surface area contributed by atoms with Gasteiger partial charge >= 0.3 is 6.61 Å². The van der Waals surface area contributed by atoms with Crippen molar-refractivity contribution in [1.29, 1.82) is 0 Å². The van der Waals surface area contributed by atoms with Gasteiger partial charge in [0.1, 0.15) is 5.75 Å². The maximum Gasteiger partial charge on any atom is 0.387 e. The molecule has 1 amide bonds. The Hall–Kier alpha value is -3.59. The predicted octanol–water partition coefficient (Wildman–Crippen LogP) is 3.31. The summed E-state index contributed by atoms with van der Waals surface area (Å²) < 4.78 is 28.8. The zero-order valence-electron chi connectivity index (χ0n) is 16.0. The highest BCUT2D eigenvalue weighted by Gasteiger charge is 2.18. The maximum absolute atomic E-state index is 12.2. The Kier molecular flexibility index (Phi) is 6.87. The number of ether oxygens (including phenoxy) is 1. The SMILES string of the molecule is CNC(=O)[C@@H](CO)c1ccc(Nc2ncc(-c3ccc(OC(F)F)cc3)cn2)cc1. The second-order valence-corrected chi connectivity index (χ2v) is 6.29. The molecule has 3 aromatic rings. The Bertz CT molecular complexity index is 965. The van der Waals surface area contributed by atoms with E-state index in [0.717, 1.165) is 11.1 Å². The largest absolute Gasteiger partial charge is 0.435 e. The van der Waals surface area contributed by atoms with Gasteiger partial charge in [-0.3, -0.25) is 4.79 Å². The molecule has 1 aromatic heterocycles. The maximum atomic E-state index is 12.2. The number of halogens is 2. The number of alkyl halides is 2. The zero-order valence-corrected chi connectivity index (χ0v) is 16.0. The van der Waals surface area contributed by atoms with Gasteiger partial charge in [-0.2, -0.15) is 8.78 Å². The van der Waals surface area contributed by atoms with Crippen molar-refractivity contribution < 1.29 is 23.4 Å². The fraction of sp³-hybridized carbons (Fsp3) is 0.190. The highest BCUT2D eigenvalue weighted by atomic mass is 19.3. The first-order valence-corrected chi connectivity index (χ1v) is 9.07. The number of amides is 1. The van der Waals surface area contributed by atoms with Crippen LogP contribution in [0.1, 0.15) is 11.5 Å². The van der Waals surface area contributed by atoms with Gasteiger partial charge < -0.3 is 20.5 Å². The van der Waals surface area contributed by atoms with Crippen molar-refractivity contribution in [1.82, 2.24) is 15.3 Å². The number of anilines is 2. The predicted molar refractivity (Wildman–Crippen MR) is 108 cm³/mol. The third-order valence-corrected chi connectivity index (χ3v) is 4.38. The summed E-state index contributed by atoms with van der Waals surface area (Å²) in [6, 6.07) is 13.2. The highest BCUT2D eigenvalue weighted by molar-refractivity contribution is 5.83. The normalized spacial score (nSPS) is 11.8. The second-order valence-electron chi connectivity index (χ2n) is 6.29. The number of aromatic nitrogens is 2. The minimum Gasteiger partial charge on any atom is -0.435 e. The zero-order chi connectivity index (χ0) is 21.5. The molecule has 3 rings (SSSR count). The van der Waals surface area contributed by atoms with E-state index in [1.165, 1.54) is 19.2 Å². The number of aliphatic hydroxyl groups is 1. The number of carbonyl (C=O) groups is 1. The molecule has 1 atom stereocenters. The van der Waals surface area contributed by atoms with Crippen LogP contribution in [0.25, 0.3) is 11.1 Å². The van der Waals surface area contributed by atoms with Crippen LogP contribution in [0.15, 0.2) is 60.9 Å². The summed E-state index contributed by atoms with van der Waals surface area (Å²) in [5.74, 6) is -0.437. The Labute approximate surface area is 171 Å². The van der Waals surface area contributed by atoms with Crippen molar-refractivity contribution in [2.24, 2.45) is 0 Å². The summed E-state index contributed by atoms with van der Waals surface area (Å²) in [4.78, 5) is 20.3. The lowest BCUT2D eigenvalue weighted by Crippen LogP contribution is -2.27. The van der Waals surface area contributed by atoms with Gasteiger partial charge in [0.15, 0.2) is 0 Å². The Morgan fingerprint density at radius 1 is 1.03 bits per heavy atom. The molecule has 0 spiro atoms. The molecular formula is C21H20F2N4O3. The molecule has 0 saturated heterocycles. The number of hydrogen-bond acceptors (Lipinski definition) is 6. The molecule has 0 unspecified atom stereocenters. The lowest BCUT2D eigenvalue weighted by Gasteiger charge is -2.13. The minimum atomic E-state index is -2.86. The fourth-order valence-corrected chi connectivity index (χ4v) is 2.81. The summed E-state index contributed by atoms with van der Waals surface area (Å²) in [6.07, 6.45) is 3.22. The number of carbonyl (C=O) groups excluding carboxylic acids is 1. The quantitative estimate of drug-likeness (QED) is 0.523. The topological polar surface area (TPSA) is 96.4 Å². The molecule has 0 aliphatic carbocycles. The fourth-order valence-electron chi connectivity index (χ4n) is 2.81. The Morgan fingerprint density at radius 3 is 2.20 bits per heavy atom. The van der Waals surface area contributed by atoms with E-state index in [1.807, 2.05) is 0 Å². The average molecular weight is 414 g/mol. The first-order valence-electron chi connectivity index (χ1n) is 9.07. The van der Waals surface area contributed by atoms with E-state index in [-0.39, 0.29) is 18.3 Å². The molecule has 0 aliphatic heterocycles. The van der Waals surface area contributed by atoms with Crippen LogP contribution in [0.3, 0.4) is 0 Å². The summed E-state index contributed by atoms with van der Waals surface area (Å²) in [5.41, 5.74) is 2.89. The van der Waals surface area contributed by atoms with Gasteiger partial charge in [-0.15, -0.1) is 0 Å². The number of benzene rings is 2. The van der Waals surface area contributed by atoms with Crippen molar-refractivity contribution in [2.45, 2.75) is 12.5 Å². The van der Waals surface area contributed by atoms with Crippen molar-refractivity contribution >= 4 is 17.5 Å². The van der Waals surface area contributed by atoms with Crippen LogP contribution in [0.2, 0.25) is 0 Å². The molecule has 7 nitrogen and oxygen atoms in total. The molecule has 0 saturated carbocycles. The first-order chi connectivity index (χ1) is 14.5. The standard InChI is InChI=1S/C21H20F2N4O3/c1-24-19(29)18(12-28)14-2-6-16(7-3-14)27-21-25-10-15(11-26-21)13-4-8-17(9-5-13)30-20(22)23/h2-11,18,20,28H,12H2,1H3,(H,24,29)(H,25,26,27)/t18-/m0/s1. The van der Waals surface area contributed by atoms with Crippen molar-refractivity contribution in [3.05, 3.63) is 66.5 Å². The molecule has 1 heterocycles. The number of nitrogens with one attached hydrogen (secondary N) is 2. The van der Waals surface area contributed by atoms with Gasteiger partial charge in [0, 0.05) is 30.7 Å². The van der Waals surface area contributed by atoms with Gasteiger partial charge in [0.2, 0.25) is 11.9 Å². The Morgan fingerprint density at radius 2 is 1.67 bits per heavy atom. The molecular weight excluding hydrogens is 394 g/mol. The molecule has 0 aliphatic rings. The smallest absolute Gasteiger partial charge is 0.387 e. The van der Waals surface area contributed by atoms with Gasteiger partial charge in [-0.25, -0.2) is 9.97 Å². The number of aliphatic hydroxyl groups excluding tert-OH is 1. The molecule has 2 aromatic carbocycles. The van der Waals surface area contributed by atoms with E-state index in [4.69, 9.17) is 0 Å². The van der Waals surface area contributed by atoms with E-state index in [0.29, 0.717) is 17.2 Å². The summed E-state index contributed by atoms with van der Waals surface area (Å²) in [5, 5.41) is 15.0. The average Bonchev–Trinajstić information content (AvgIpc) is 2.76. The van der Waals surface area contributed by atoms with Crippen LogP contribution < -0.4 is 15.4 Å². The van der Waals surface area contributed by atoms with E-state index in [1.54, 1.807) is 48.8 Å². The highest BCUT2D eigenvalue weighted by Crippen LogP contribution is 2.24. The van der Waals surface area contributed by atoms with Crippen LogP contribution in [0.5, 0.6) is 5.75 Å². The third kappa shape index (κ3) is 5.26. The minimum absolute atomic E-state index is 0.0799. The first kappa shape index (κ1) is 21.1. The van der Waals surface area contributed by atoms with Gasteiger partial charge in [-0.05, 0) is 35.4 Å². The van der Waals surface area contributed by atoms with Gasteiger partial charge in [0.25, 0.3) is 0 Å². The van der Waals surface area contributed by atoms with Gasteiger partial charge in [0.05, 0.1) is 12.5 Å². The van der Waals surface area contributed by atoms with E-state index in [2.05, 4.69) is 25.3 Å². The number of likely N-dealkylation sites (N-methyl/N-ethyl adjacent to an activating group) is 1. The lowest BCUT2D eigenvalue weighted by molar-refractivity contribution is -0.122. The van der Waals surface area contributed by atoms with Gasteiger partial charge in [-0.1, -0.05) is 24.3 Å². The van der Waals surface area contributed by atoms with Crippen LogP contribution in [-0.4, -0.2) is 41.2 Å². The second kappa shape index (κ2) is 9.75. The third-order valence-electron chi connectivity index (χ3n) is 4.38. The molecule has 0 bridgehead atoms. The number of rotatable bonds is 8. The number of nitrogens with zero attached hydrogens (tertiary/aromatic N) is 2. The van der Waals surface area contributed by atoms with Crippen LogP contribution >= 0.6 is 0 Å². The van der Waals surface area contributed by atoms with Crippen molar-refractivity contribution in [3.8, 4) is 16.9 Å². The van der Waals surface area contributed by atoms with Crippen LogP contribution in [-0.2, 0) is 4.79 Å². The molecule has 3 N–H and O–H groups in total. The van der Waals surface area contributed by atoms with E-state index >= 15 is 0 Å². The monoisotopic (exact) mass is 414 g/mol. The summed E-state index contributed by atoms with van der Waals surface area (Å²) in [7, 11) is 1.52. The summed E-state index contributed by atoms with van der Waals surface area (Å²) in [6.45, 7) is -3.15. The van der Waals surface area contributed by atoms with Crippen LogP contribution in [0, 0.1) is 0 Å². The van der Waals surface area contributed by atoms with E-state index < -0.39 is 12.5 Å². The van der Waals surface area contributed by atoms with Crippen molar-refractivity contribution in [2.75, 3.05) is 19.0 Å². The molecule has 156 valence electrons. The summed E-state index contributed by atoms with van der Waals surface area (Å²) >= 11 is 0. The Balaban J connectivity index is 1.66. The molecule has 30 heavy (non-hydrogen) atoms. The molecule has 9 heteroatoms. The lowest BCUT2D eigenvalue weighted by atomic mass is 9.99. The van der Waals surface area contributed by atoms with E-state index in [9.17, 15) is 18.7 Å². The molecule has 0 fully saturated rings. The molecule has 0 radical (unpaired) electrons.